The van der Waals surface area contributed by atoms with E-state index in [1.807, 2.05) is 0 Å². The Labute approximate surface area is 203 Å². The summed E-state index contributed by atoms with van der Waals surface area (Å²) in [6.07, 6.45) is 7.93. The summed E-state index contributed by atoms with van der Waals surface area (Å²) in [6.45, 7) is 2.06. The van der Waals surface area contributed by atoms with E-state index in [9.17, 15) is 24.5 Å². The van der Waals surface area contributed by atoms with Crippen molar-refractivity contribution in [3.8, 4) is 0 Å². The highest BCUT2D eigenvalue weighted by Gasteiger charge is 2.54. The van der Waals surface area contributed by atoms with E-state index in [1.165, 1.54) is 37.5 Å². The molecule has 5 aliphatic carbocycles. The number of carbonyl (C=O) groups is 3. The van der Waals surface area contributed by atoms with Crippen LogP contribution in [-0.4, -0.2) is 28.4 Å². The first-order valence-electron chi connectivity index (χ1n) is 12.6. The maximum absolute atomic E-state index is 13.5. The summed E-state index contributed by atoms with van der Waals surface area (Å²) in [7, 11) is 0. The van der Waals surface area contributed by atoms with Crippen molar-refractivity contribution in [2.24, 2.45) is 23.2 Å². The first-order chi connectivity index (χ1) is 16.8. The molecule has 1 N–H and O–H groups in total. The molecule has 180 valence electrons. The molecule has 4 bridgehead atoms. The molecule has 4 saturated carbocycles. The van der Waals surface area contributed by atoms with Gasteiger partial charge < -0.3 is 5.32 Å². The van der Waals surface area contributed by atoms with Gasteiger partial charge in [-0.25, -0.2) is 0 Å². The second-order valence-corrected chi connectivity index (χ2v) is 11.1. The van der Waals surface area contributed by atoms with Crippen molar-refractivity contribution in [3.63, 3.8) is 0 Å². The highest BCUT2D eigenvalue weighted by molar-refractivity contribution is 6.30. The van der Waals surface area contributed by atoms with Gasteiger partial charge in [0.15, 0.2) is 5.78 Å². The van der Waals surface area contributed by atoms with Gasteiger partial charge in [0, 0.05) is 22.7 Å². The van der Waals surface area contributed by atoms with Crippen molar-refractivity contribution in [2.45, 2.75) is 57.9 Å². The molecule has 1 unspecified atom stereocenters. The lowest BCUT2D eigenvalue weighted by Gasteiger charge is -2.59. The van der Waals surface area contributed by atoms with Crippen LogP contribution in [0.1, 0.15) is 94.1 Å². The number of nitro groups is 1. The van der Waals surface area contributed by atoms with E-state index in [0.29, 0.717) is 17.8 Å². The molecule has 5 aliphatic rings. The van der Waals surface area contributed by atoms with Crippen molar-refractivity contribution >= 4 is 23.2 Å². The number of carbonyl (C=O) groups excluding carboxylic acids is 3. The molecule has 7 rings (SSSR count). The Morgan fingerprint density at radius 1 is 0.971 bits per heavy atom. The minimum atomic E-state index is -0.696. The van der Waals surface area contributed by atoms with Crippen molar-refractivity contribution < 1.29 is 19.3 Å². The van der Waals surface area contributed by atoms with Crippen LogP contribution in [0.2, 0.25) is 0 Å². The van der Waals surface area contributed by atoms with Gasteiger partial charge in [0.05, 0.1) is 4.92 Å². The maximum atomic E-state index is 13.5. The number of benzene rings is 2. The zero-order chi connectivity index (χ0) is 24.5. The van der Waals surface area contributed by atoms with E-state index < -0.39 is 28.1 Å². The van der Waals surface area contributed by atoms with E-state index >= 15 is 0 Å². The van der Waals surface area contributed by atoms with Crippen LogP contribution in [0.4, 0.5) is 5.69 Å². The Bertz CT molecular complexity index is 1260. The van der Waals surface area contributed by atoms with Gasteiger partial charge in [-0.2, -0.15) is 0 Å². The summed E-state index contributed by atoms with van der Waals surface area (Å²) in [4.78, 5) is 51.3. The predicted octanol–water partition coefficient (Wildman–Crippen LogP) is 5.10. The first kappa shape index (κ1) is 22.1. The van der Waals surface area contributed by atoms with Gasteiger partial charge in [0.1, 0.15) is 11.1 Å². The standard InChI is InChI=1S/C28H28N2O5/c1-2-22(28-12-15-9-16(13-28)11-17(10-15)14-28)29-27(33)21-8-7-20-23(24(21)30(34)35)26(32)19-6-4-3-5-18(19)25(20)31/h3-8,15-17,22H,2,9-14H2,1H3,(H,29,33). The molecule has 35 heavy (non-hydrogen) atoms. The van der Waals surface area contributed by atoms with Crippen LogP contribution in [-0.2, 0) is 0 Å². The van der Waals surface area contributed by atoms with Crippen molar-refractivity contribution in [3.05, 3.63) is 74.3 Å². The number of fused-ring (bicyclic) bond motifs is 2. The Hall–Kier alpha value is -3.35. The third-order valence-corrected chi connectivity index (χ3v) is 9.03. The van der Waals surface area contributed by atoms with Gasteiger partial charge in [-0.3, -0.25) is 24.5 Å². The normalized spacial score (nSPS) is 28.9. The molecule has 0 aromatic heterocycles. The molecule has 1 atom stereocenters. The van der Waals surface area contributed by atoms with Gasteiger partial charge >= 0.3 is 0 Å². The number of nitrogens with one attached hydrogen (secondary N) is 1. The van der Waals surface area contributed by atoms with Crippen molar-refractivity contribution in [1.29, 1.82) is 0 Å². The lowest BCUT2D eigenvalue weighted by atomic mass is 9.47. The van der Waals surface area contributed by atoms with Gasteiger partial charge in [0.2, 0.25) is 5.78 Å². The highest BCUT2D eigenvalue weighted by atomic mass is 16.6. The Kier molecular flexibility index (Phi) is 4.95. The van der Waals surface area contributed by atoms with Crippen molar-refractivity contribution in [2.75, 3.05) is 0 Å². The van der Waals surface area contributed by atoms with E-state index in [0.717, 1.165) is 25.7 Å². The Morgan fingerprint density at radius 2 is 1.54 bits per heavy atom. The van der Waals surface area contributed by atoms with E-state index in [-0.39, 0.29) is 39.3 Å². The summed E-state index contributed by atoms with van der Waals surface area (Å²) in [6, 6.07) is 8.96. The molecule has 7 nitrogen and oxygen atoms in total. The number of rotatable bonds is 5. The first-order valence-corrected chi connectivity index (χ1v) is 12.6. The van der Waals surface area contributed by atoms with Gasteiger partial charge in [-0.1, -0.05) is 31.2 Å². The van der Waals surface area contributed by atoms with Crippen LogP contribution in [0.25, 0.3) is 0 Å². The van der Waals surface area contributed by atoms with Crippen LogP contribution in [0.5, 0.6) is 0 Å². The number of ketones is 2. The van der Waals surface area contributed by atoms with Crippen LogP contribution in [0.3, 0.4) is 0 Å². The summed E-state index contributed by atoms with van der Waals surface area (Å²) in [5.41, 5.74) is -0.632. The zero-order valence-electron chi connectivity index (χ0n) is 19.7. The molecular formula is C28H28N2O5. The van der Waals surface area contributed by atoms with E-state index in [4.69, 9.17) is 0 Å². The van der Waals surface area contributed by atoms with Gasteiger partial charge in [0.25, 0.3) is 11.6 Å². The SMILES string of the molecule is CCC(NC(=O)c1ccc2c(c1[N+](=O)[O-])C(=O)c1ccccc1C2=O)C12CC3CC(CC(C3)C1)C2. The monoisotopic (exact) mass is 472 g/mol. The lowest BCUT2D eigenvalue weighted by Crippen LogP contribution is -2.56. The molecule has 2 aromatic rings. The number of hydrogen-bond donors (Lipinski definition) is 1. The molecule has 0 heterocycles. The second kappa shape index (κ2) is 7.83. The van der Waals surface area contributed by atoms with Crippen LogP contribution >= 0.6 is 0 Å². The molecule has 0 aliphatic heterocycles. The lowest BCUT2D eigenvalue weighted by molar-refractivity contribution is -0.385. The van der Waals surface area contributed by atoms with Crippen LogP contribution < -0.4 is 5.32 Å². The molecule has 1 amide bonds. The zero-order valence-corrected chi connectivity index (χ0v) is 19.7. The van der Waals surface area contributed by atoms with Gasteiger partial charge in [-0.15, -0.1) is 0 Å². The number of nitrogens with zero attached hydrogens (tertiary/aromatic N) is 1. The molecule has 0 spiro atoms. The fourth-order valence-electron chi connectivity index (χ4n) is 8.07. The summed E-state index contributed by atoms with van der Waals surface area (Å²) < 4.78 is 0. The van der Waals surface area contributed by atoms with E-state index in [1.54, 1.807) is 18.2 Å². The average molecular weight is 473 g/mol. The molecule has 4 fully saturated rings. The minimum Gasteiger partial charge on any atom is -0.349 e. The maximum Gasteiger partial charge on any atom is 0.294 e. The molecule has 0 saturated heterocycles. The van der Waals surface area contributed by atoms with E-state index in [2.05, 4.69) is 12.2 Å². The average Bonchev–Trinajstić information content (AvgIpc) is 2.83. The quantitative estimate of drug-likeness (QED) is 0.411. The molecule has 2 aromatic carbocycles. The molecule has 7 heteroatoms. The number of hydrogen-bond acceptors (Lipinski definition) is 5. The number of amides is 1. The topological polar surface area (TPSA) is 106 Å². The summed E-state index contributed by atoms with van der Waals surface area (Å²) >= 11 is 0. The summed E-state index contributed by atoms with van der Waals surface area (Å²) in [5, 5.41) is 15.3. The second-order valence-electron chi connectivity index (χ2n) is 11.1. The smallest absolute Gasteiger partial charge is 0.294 e. The van der Waals surface area contributed by atoms with Gasteiger partial charge in [-0.05, 0) is 80.2 Å². The fourth-order valence-corrected chi connectivity index (χ4v) is 8.07. The molecular weight excluding hydrogens is 444 g/mol. The minimum absolute atomic E-state index is 0.0231. The van der Waals surface area contributed by atoms with Crippen molar-refractivity contribution in [1.82, 2.24) is 5.32 Å². The Morgan fingerprint density at radius 3 is 2.09 bits per heavy atom. The number of nitro benzene ring substituents is 1. The molecule has 0 radical (unpaired) electrons. The third kappa shape index (κ3) is 3.27. The highest BCUT2D eigenvalue weighted by Crippen LogP contribution is 2.61. The predicted molar refractivity (Wildman–Crippen MR) is 129 cm³/mol. The summed E-state index contributed by atoms with van der Waals surface area (Å²) in [5.74, 6) is 0.577. The Balaban J connectivity index is 1.37. The largest absolute Gasteiger partial charge is 0.349 e. The van der Waals surface area contributed by atoms with Crippen LogP contribution in [0, 0.1) is 33.3 Å². The third-order valence-electron chi connectivity index (χ3n) is 9.03. The van der Waals surface area contributed by atoms with Crippen LogP contribution in [0.15, 0.2) is 36.4 Å². The fraction of sp³-hybridized carbons (Fsp3) is 0.464.